The van der Waals surface area contributed by atoms with E-state index in [4.69, 9.17) is 14.2 Å². The molecular weight excluding hydrogens is 556 g/mol. The van der Waals surface area contributed by atoms with Gasteiger partial charge in [-0.05, 0) is 67.2 Å². The first-order valence-corrected chi connectivity index (χ1v) is 15.7. The summed E-state index contributed by atoms with van der Waals surface area (Å²) in [5.74, 6) is 2.58. The Kier molecular flexibility index (Phi) is 9.44. The number of carbonyl (C=O) groups is 2. The largest absolute Gasteiger partial charge is 0.493 e. The van der Waals surface area contributed by atoms with Gasteiger partial charge in [-0.1, -0.05) is 43.7 Å². The molecular formula is C35H48N4O5. The number of urea groups is 1. The number of amides is 3. The third kappa shape index (κ3) is 6.25. The second-order valence-corrected chi connectivity index (χ2v) is 13.0. The van der Waals surface area contributed by atoms with Gasteiger partial charge in [0, 0.05) is 57.1 Å². The number of hydrogen-bond acceptors (Lipinski definition) is 6. The molecule has 3 aliphatic carbocycles. The quantitative estimate of drug-likeness (QED) is 0.355. The standard InChI is InChI=1S/C35H48N4O5/c1-23-9-8-10-24(2)31(23)36-34(41)38-16-13-37(14-17-38)15-18-39(22-25-11-12-27-21-28(25)35(27,3)4)33(40)26-19-29(42-5)32(44-7)30(20-26)43-6/h8-11,19-20,27-28H,12-18,21-22H2,1-7H3,(H,36,41). The third-order valence-corrected chi connectivity index (χ3v) is 10.2. The second kappa shape index (κ2) is 13.1. The number of ether oxygens (including phenoxy) is 3. The number of nitrogens with one attached hydrogen (secondary N) is 1. The Hall–Kier alpha value is -3.72. The minimum Gasteiger partial charge on any atom is -0.493 e. The summed E-state index contributed by atoms with van der Waals surface area (Å²) in [6, 6.07) is 9.44. The minimum absolute atomic E-state index is 0.0592. The highest BCUT2D eigenvalue weighted by Gasteiger charge is 2.51. The molecule has 44 heavy (non-hydrogen) atoms. The Morgan fingerprint density at radius 3 is 2.16 bits per heavy atom. The minimum atomic E-state index is -0.0630. The number of rotatable bonds is 10. The number of aryl methyl sites for hydroxylation is 2. The molecule has 6 rings (SSSR count). The van der Waals surface area contributed by atoms with Crippen LogP contribution >= 0.6 is 0 Å². The topological polar surface area (TPSA) is 83.6 Å². The number of anilines is 1. The number of piperazine rings is 1. The summed E-state index contributed by atoms with van der Waals surface area (Å²) in [6.45, 7) is 13.5. The van der Waals surface area contributed by atoms with Crippen LogP contribution in [0.15, 0.2) is 42.0 Å². The van der Waals surface area contributed by atoms with Crippen molar-refractivity contribution in [3.05, 3.63) is 58.7 Å². The molecule has 0 radical (unpaired) electrons. The van der Waals surface area contributed by atoms with E-state index in [1.54, 1.807) is 33.5 Å². The van der Waals surface area contributed by atoms with Crippen molar-refractivity contribution in [3.8, 4) is 17.2 Å². The smallest absolute Gasteiger partial charge is 0.321 e. The lowest BCUT2D eigenvalue weighted by atomic mass is 9.49. The monoisotopic (exact) mass is 604 g/mol. The molecule has 2 fully saturated rings. The van der Waals surface area contributed by atoms with Gasteiger partial charge in [-0.2, -0.15) is 0 Å². The number of carbonyl (C=O) groups excluding carboxylic acids is 2. The first kappa shape index (κ1) is 31.7. The SMILES string of the molecule is COc1cc(C(=O)N(CCN2CCN(C(=O)Nc3c(C)cccc3C)CC2)CC2=CCC3CC2C3(C)C)cc(OC)c1OC. The summed E-state index contributed by atoms with van der Waals surface area (Å²) in [5, 5.41) is 3.11. The predicted octanol–water partition coefficient (Wildman–Crippen LogP) is 5.61. The Balaban J connectivity index is 1.27. The number of hydrogen-bond donors (Lipinski definition) is 1. The van der Waals surface area contributed by atoms with Crippen molar-refractivity contribution in [2.75, 3.05) is 72.5 Å². The molecule has 0 aromatic heterocycles. The average molecular weight is 605 g/mol. The zero-order valence-electron chi connectivity index (χ0n) is 27.4. The van der Waals surface area contributed by atoms with E-state index >= 15 is 0 Å². The Morgan fingerprint density at radius 2 is 1.61 bits per heavy atom. The van der Waals surface area contributed by atoms with Gasteiger partial charge in [-0.3, -0.25) is 9.69 Å². The van der Waals surface area contributed by atoms with Gasteiger partial charge in [-0.25, -0.2) is 4.79 Å². The summed E-state index contributed by atoms with van der Waals surface area (Å²) in [6.07, 6.45) is 4.65. The molecule has 4 aliphatic rings. The fourth-order valence-corrected chi connectivity index (χ4v) is 7.15. The third-order valence-electron chi connectivity index (χ3n) is 10.2. The van der Waals surface area contributed by atoms with Crippen LogP contribution in [0.25, 0.3) is 0 Å². The van der Waals surface area contributed by atoms with Gasteiger partial charge in [0.2, 0.25) is 5.75 Å². The number of para-hydroxylation sites is 1. The molecule has 2 atom stereocenters. The first-order chi connectivity index (χ1) is 21.1. The van der Waals surface area contributed by atoms with Crippen LogP contribution < -0.4 is 19.5 Å². The van der Waals surface area contributed by atoms with Crippen LogP contribution in [0.1, 0.15) is 48.2 Å². The zero-order valence-corrected chi connectivity index (χ0v) is 27.4. The molecule has 1 saturated carbocycles. The van der Waals surface area contributed by atoms with Crippen molar-refractivity contribution < 1.29 is 23.8 Å². The van der Waals surface area contributed by atoms with Crippen molar-refractivity contribution in [1.29, 1.82) is 0 Å². The molecule has 1 heterocycles. The molecule has 1 saturated heterocycles. The van der Waals surface area contributed by atoms with Gasteiger partial charge in [0.1, 0.15) is 0 Å². The molecule has 2 bridgehead atoms. The van der Waals surface area contributed by atoms with Gasteiger partial charge in [-0.15, -0.1) is 0 Å². The maximum atomic E-state index is 14.1. The van der Waals surface area contributed by atoms with Crippen LogP contribution in [0, 0.1) is 31.1 Å². The van der Waals surface area contributed by atoms with Crippen molar-refractivity contribution in [1.82, 2.24) is 14.7 Å². The van der Waals surface area contributed by atoms with Gasteiger partial charge >= 0.3 is 6.03 Å². The maximum Gasteiger partial charge on any atom is 0.321 e. The molecule has 1 N–H and O–H groups in total. The van der Waals surface area contributed by atoms with E-state index in [1.165, 1.54) is 12.0 Å². The van der Waals surface area contributed by atoms with E-state index in [1.807, 2.05) is 41.8 Å². The predicted molar refractivity (Wildman–Crippen MR) is 173 cm³/mol. The molecule has 0 spiro atoms. The molecule has 9 heteroatoms. The molecule has 1 aliphatic heterocycles. The number of allylic oxidation sites excluding steroid dienone is 1. The number of fused-ring (bicyclic) bond motifs is 1. The lowest BCUT2D eigenvalue weighted by Crippen LogP contribution is -2.53. The lowest BCUT2D eigenvalue weighted by molar-refractivity contribution is -0.0105. The van der Waals surface area contributed by atoms with Crippen LogP contribution in [0.2, 0.25) is 0 Å². The first-order valence-electron chi connectivity index (χ1n) is 15.7. The highest BCUT2D eigenvalue weighted by atomic mass is 16.5. The van der Waals surface area contributed by atoms with E-state index in [0.29, 0.717) is 54.9 Å². The summed E-state index contributed by atoms with van der Waals surface area (Å²) in [5.41, 5.74) is 5.16. The van der Waals surface area contributed by atoms with Crippen LogP contribution in [-0.4, -0.2) is 93.8 Å². The molecule has 238 valence electrons. The molecule has 2 aromatic carbocycles. The van der Waals surface area contributed by atoms with Crippen molar-refractivity contribution in [2.45, 2.75) is 40.5 Å². The van der Waals surface area contributed by atoms with Crippen LogP contribution in [0.3, 0.4) is 0 Å². The van der Waals surface area contributed by atoms with Crippen LogP contribution in [-0.2, 0) is 0 Å². The van der Waals surface area contributed by atoms with Crippen molar-refractivity contribution in [3.63, 3.8) is 0 Å². The van der Waals surface area contributed by atoms with E-state index in [2.05, 4.69) is 30.1 Å². The van der Waals surface area contributed by atoms with Crippen LogP contribution in [0.4, 0.5) is 10.5 Å². The molecule has 9 nitrogen and oxygen atoms in total. The van der Waals surface area contributed by atoms with Crippen molar-refractivity contribution in [2.24, 2.45) is 17.3 Å². The van der Waals surface area contributed by atoms with Gasteiger partial charge in [0.05, 0.1) is 21.3 Å². The van der Waals surface area contributed by atoms with Crippen LogP contribution in [0.5, 0.6) is 17.2 Å². The number of benzene rings is 2. The van der Waals surface area contributed by atoms with Gasteiger partial charge in [0.15, 0.2) is 11.5 Å². The molecule has 2 unspecified atom stereocenters. The van der Waals surface area contributed by atoms with Crippen molar-refractivity contribution >= 4 is 17.6 Å². The average Bonchev–Trinajstić information content (AvgIpc) is 3.03. The lowest BCUT2D eigenvalue weighted by Gasteiger charge is -2.57. The normalized spacial score (nSPS) is 20.7. The summed E-state index contributed by atoms with van der Waals surface area (Å²) in [4.78, 5) is 33.4. The summed E-state index contributed by atoms with van der Waals surface area (Å²) in [7, 11) is 4.69. The van der Waals surface area contributed by atoms with Gasteiger partial charge < -0.3 is 29.3 Å². The fourth-order valence-electron chi connectivity index (χ4n) is 7.15. The fraction of sp³-hybridized carbons (Fsp3) is 0.543. The number of methoxy groups -OCH3 is 3. The molecule has 3 amide bonds. The Bertz CT molecular complexity index is 1370. The van der Waals surface area contributed by atoms with E-state index < -0.39 is 0 Å². The summed E-state index contributed by atoms with van der Waals surface area (Å²) < 4.78 is 16.6. The van der Waals surface area contributed by atoms with E-state index in [0.717, 1.165) is 48.8 Å². The second-order valence-electron chi connectivity index (χ2n) is 13.0. The summed E-state index contributed by atoms with van der Waals surface area (Å²) >= 11 is 0. The maximum absolute atomic E-state index is 14.1. The van der Waals surface area contributed by atoms with Gasteiger partial charge in [0.25, 0.3) is 5.91 Å². The Morgan fingerprint density at radius 1 is 0.977 bits per heavy atom. The zero-order chi connectivity index (χ0) is 31.6. The van der Waals surface area contributed by atoms with E-state index in [9.17, 15) is 9.59 Å². The molecule has 2 aromatic rings. The van der Waals surface area contributed by atoms with E-state index in [-0.39, 0.29) is 17.4 Å². The Labute approximate surface area is 262 Å². The highest BCUT2D eigenvalue weighted by Crippen LogP contribution is 2.59. The number of nitrogens with zero attached hydrogens (tertiary/aromatic N) is 3. The highest BCUT2D eigenvalue weighted by molar-refractivity contribution is 5.96.